The van der Waals surface area contributed by atoms with E-state index >= 15 is 0 Å². The van der Waals surface area contributed by atoms with Crippen LogP contribution in [-0.2, 0) is 4.79 Å². The van der Waals surface area contributed by atoms with E-state index in [1.165, 1.54) is 0 Å². The normalized spacial score (nSPS) is 17.1. The number of carboxylic acid groups (broad SMARTS) is 1. The molecule has 72 valence electrons. The lowest BCUT2D eigenvalue weighted by molar-refractivity contribution is -0.230. The van der Waals surface area contributed by atoms with Gasteiger partial charge in [-0.3, -0.25) is 4.79 Å². The van der Waals surface area contributed by atoms with Gasteiger partial charge in [-0.05, 0) is 0 Å². The molecule has 12 heavy (non-hydrogen) atoms. The molecular formula is C5H7F4NO2. The van der Waals surface area contributed by atoms with Gasteiger partial charge >= 0.3 is 12.1 Å². The number of carboxylic acids is 1. The molecule has 1 unspecified atom stereocenters. The Morgan fingerprint density at radius 1 is 1.33 bits per heavy atom. The van der Waals surface area contributed by atoms with Crippen molar-refractivity contribution in [3.05, 3.63) is 0 Å². The number of halogens is 4. The number of aliphatic carboxylic acids is 1. The van der Waals surface area contributed by atoms with Gasteiger partial charge in [-0.2, -0.15) is 13.2 Å². The Morgan fingerprint density at radius 2 is 1.75 bits per heavy atom. The maximum absolute atomic E-state index is 12.6. The number of carbonyl (C=O) groups is 1. The van der Waals surface area contributed by atoms with Crippen LogP contribution in [-0.4, -0.2) is 29.5 Å². The number of nitrogens with two attached hydrogens (primary N) is 1. The molecule has 0 rings (SSSR count). The van der Waals surface area contributed by atoms with Crippen molar-refractivity contribution < 1.29 is 27.5 Å². The predicted octanol–water partition coefficient (Wildman–Crippen LogP) is 0.690. The van der Waals surface area contributed by atoms with Gasteiger partial charge in [-0.25, -0.2) is 4.39 Å². The standard InChI is InChI=1S/C5H7F4NO2/c6-4(2-10,1-3(11)12)5(7,8)9/h1-2,10H2,(H,11,12). The quantitative estimate of drug-likeness (QED) is 0.642. The molecule has 0 aliphatic rings. The Balaban J connectivity index is 4.56. The van der Waals surface area contributed by atoms with Crippen molar-refractivity contribution in [3.8, 4) is 0 Å². The third kappa shape index (κ3) is 2.33. The van der Waals surface area contributed by atoms with Crippen molar-refractivity contribution in [1.29, 1.82) is 0 Å². The molecule has 0 spiro atoms. The van der Waals surface area contributed by atoms with Crippen LogP contribution in [0.3, 0.4) is 0 Å². The number of hydrogen-bond acceptors (Lipinski definition) is 2. The molecule has 0 aliphatic carbocycles. The first kappa shape index (κ1) is 11.2. The lowest BCUT2D eigenvalue weighted by atomic mass is 10.0. The fourth-order valence-electron chi connectivity index (χ4n) is 0.528. The second kappa shape index (κ2) is 3.26. The van der Waals surface area contributed by atoms with Crippen molar-refractivity contribution in [2.75, 3.05) is 6.54 Å². The average Bonchev–Trinajstić information content (AvgIpc) is 1.83. The third-order valence-corrected chi connectivity index (χ3v) is 1.26. The van der Waals surface area contributed by atoms with Crippen molar-refractivity contribution in [2.45, 2.75) is 18.3 Å². The Bertz CT molecular complexity index is 181. The fourth-order valence-corrected chi connectivity index (χ4v) is 0.528. The average molecular weight is 189 g/mol. The molecule has 0 heterocycles. The van der Waals surface area contributed by atoms with Crippen LogP contribution in [0.2, 0.25) is 0 Å². The first-order valence-electron chi connectivity index (χ1n) is 2.90. The predicted molar refractivity (Wildman–Crippen MR) is 31.2 cm³/mol. The summed E-state index contributed by atoms with van der Waals surface area (Å²) in [5.41, 5.74) is 0.663. The SMILES string of the molecule is NCC(F)(CC(=O)O)C(F)(F)F. The smallest absolute Gasteiger partial charge is 0.424 e. The molecule has 0 saturated heterocycles. The Hall–Kier alpha value is -0.850. The van der Waals surface area contributed by atoms with Crippen molar-refractivity contribution in [2.24, 2.45) is 5.73 Å². The van der Waals surface area contributed by atoms with E-state index in [-0.39, 0.29) is 0 Å². The van der Waals surface area contributed by atoms with Crippen LogP contribution in [0.1, 0.15) is 6.42 Å². The third-order valence-electron chi connectivity index (χ3n) is 1.26. The lowest BCUT2D eigenvalue weighted by Crippen LogP contribution is -2.48. The van der Waals surface area contributed by atoms with Crippen LogP contribution in [0.15, 0.2) is 0 Å². The largest absolute Gasteiger partial charge is 0.481 e. The van der Waals surface area contributed by atoms with Crippen LogP contribution in [0.25, 0.3) is 0 Å². The molecule has 3 N–H and O–H groups in total. The van der Waals surface area contributed by atoms with E-state index in [4.69, 9.17) is 5.11 Å². The van der Waals surface area contributed by atoms with E-state index in [2.05, 4.69) is 5.73 Å². The van der Waals surface area contributed by atoms with Crippen LogP contribution >= 0.6 is 0 Å². The minimum atomic E-state index is -5.24. The number of rotatable bonds is 3. The van der Waals surface area contributed by atoms with Crippen LogP contribution in [0.4, 0.5) is 17.6 Å². The molecule has 7 heteroatoms. The minimum absolute atomic E-state index is 1.39. The topological polar surface area (TPSA) is 63.3 Å². The van der Waals surface area contributed by atoms with Gasteiger partial charge in [0.05, 0.1) is 6.42 Å². The van der Waals surface area contributed by atoms with Crippen molar-refractivity contribution in [1.82, 2.24) is 0 Å². The highest BCUT2D eigenvalue weighted by Crippen LogP contribution is 2.35. The van der Waals surface area contributed by atoms with E-state index in [1.807, 2.05) is 0 Å². The zero-order chi connectivity index (χ0) is 9.99. The maximum Gasteiger partial charge on any atom is 0.424 e. The first-order chi connectivity index (χ1) is 5.23. The molecule has 0 aromatic rings. The first-order valence-corrected chi connectivity index (χ1v) is 2.90. The summed E-state index contributed by atoms with van der Waals surface area (Å²) < 4.78 is 47.9. The Morgan fingerprint density at radius 3 is 1.83 bits per heavy atom. The molecular weight excluding hydrogens is 182 g/mol. The zero-order valence-corrected chi connectivity index (χ0v) is 5.86. The second-order valence-corrected chi connectivity index (χ2v) is 2.24. The van der Waals surface area contributed by atoms with Gasteiger partial charge in [0.1, 0.15) is 0 Å². The van der Waals surface area contributed by atoms with Gasteiger partial charge in [0.25, 0.3) is 0 Å². The molecule has 0 aromatic carbocycles. The highest BCUT2D eigenvalue weighted by atomic mass is 19.4. The van der Waals surface area contributed by atoms with Gasteiger partial charge in [0, 0.05) is 6.54 Å². The van der Waals surface area contributed by atoms with Crippen molar-refractivity contribution >= 4 is 5.97 Å². The maximum atomic E-state index is 12.6. The van der Waals surface area contributed by atoms with Gasteiger partial charge in [-0.15, -0.1) is 0 Å². The highest BCUT2D eigenvalue weighted by Gasteiger charge is 2.56. The molecule has 0 aliphatic heterocycles. The molecule has 0 bridgehead atoms. The van der Waals surface area contributed by atoms with Gasteiger partial charge in [0.2, 0.25) is 5.67 Å². The van der Waals surface area contributed by atoms with Crippen LogP contribution in [0, 0.1) is 0 Å². The summed E-state index contributed by atoms with van der Waals surface area (Å²) in [6.45, 7) is -1.39. The molecule has 0 amide bonds. The Kier molecular flexibility index (Phi) is 3.03. The summed E-state index contributed by atoms with van der Waals surface area (Å²) in [5.74, 6) is -1.87. The van der Waals surface area contributed by atoms with E-state index in [0.717, 1.165) is 0 Å². The zero-order valence-electron chi connectivity index (χ0n) is 5.86. The van der Waals surface area contributed by atoms with Crippen molar-refractivity contribution in [3.63, 3.8) is 0 Å². The molecule has 1 atom stereocenters. The summed E-state index contributed by atoms with van der Waals surface area (Å²) >= 11 is 0. The van der Waals surface area contributed by atoms with Gasteiger partial charge < -0.3 is 10.8 Å². The molecule has 0 saturated carbocycles. The monoisotopic (exact) mass is 189 g/mol. The van der Waals surface area contributed by atoms with Gasteiger partial charge in [-0.1, -0.05) is 0 Å². The summed E-state index contributed by atoms with van der Waals surface area (Å²) in [7, 11) is 0. The minimum Gasteiger partial charge on any atom is -0.481 e. The van der Waals surface area contributed by atoms with E-state index in [1.54, 1.807) is 0 Å². The number of alkyl halides is 4. The molecule has 0 fully saturated rings. The van der Waals surface area contributed by atoms with Crippen LogP contribution < -0.4 is 5.73 Å². The molecule has 0 aromatic heterocycles. The second-order valence-electron chi connectivity index (χ2n) is 2.24. The van der Waals surface area contributed by atoms with E-state index in [0.29, 0.717) is 0 Å². The molecule has 3 nitrogen and oxygen atoms in total. The van der Waals surface area contributed by atoms with Gasteiger partial charge in [0.15, 0.2) is 0 Å². The lowest BCUT2D eigenvalue weighted by Gasteiger charge is -2.24. The fraction of sp³-hybridized carbons (Fsp3) is 0.800. The van der Waals surface area contributed by atoms with E-state index in [9.17, 15) is 22.4 Å². The summed E-state index contributed by atoms with van der Waals surface area (Å²) in [4.78, 5) is 9.82. The summed E-state index contributed by atoms with van der Waals surface area (Å²) in [5, 5.41) is 7.95. The Labute approximate surface area is 65.2 Å². The number of hydrogen-bond donors (Lipinski definition) is 2. The highest BCUT2D eigenvalue weighted by molar-refractivity contribution is 5.68. The summed E-state index contributed by atoms with van der Waals surface area (Å²) in [6.07, 6.45) is -6.90. The van der Waals surface area contributed by atoms with Crippen LogP contribution in [0.5, 0.6) is 0 Å². The molecule has 0 radical (unpaired) electrons. The van der Waals surface area contributed by atoms with E-state index < -0.39 is 30.8 Å². The summed E-state index contributed by atoms with van der Waals surface area (Å²) in [6, 6.07) is 0.